The largest absolute Gasteiger partial charge is 0.493 e. The maximum atomic E-state index is 14.0. The number of methoxy groups -OCH3 is 1. The predicted octanol–water partition coefficient (Wildman–Crippen LogP) is 7.53. The van der Waals surface area contributed by atoms with Crippen molar-refractivity contribution < 1.29 is 52.8 Å². The Labute approximate surface area is 401 Å². The molecule has 0 saturated heterocycles. The number of hydrogen-bond acceptors (Lipinski definition) is 13. The van der Waals surface area contributed by atoms with Crippen molar-refractivity contribution in [1.82, 2.24) is 14.7 Å². The molecule has 0 fully saturated rings. The Morgan fingerprint density at radius 1 is 0.768 bits per heavy atom. The van der Waals surface area contributed by atoms with Crippen LogP contribution in [-0.4, -0.2) is 113 Å². The number of benzene rings is 3. The van der Waals surface area contributed by atoms with E-state index in [1.807, 2.05) is 27.0 Å². The van der Waals surface area contributed by atoms with Gasteiger partial charge in [0.15, 0.2) is 23.5 Å². The fraction of sp³-hybridized carbons (Fsp3) is 0.404. The Morgan fingerprint density at radius 2 is 1.45 bits per heavy atom. The SMILES string of the molecule is COc1cc2c(cc1OCCCCCOc1cc3c(cc1C)C(=O)N1C=C(C)C[C@H]1[C@H](O)N3C(=O)OCc1ccc(NCC(=O)CCCCCN3C(=O)C=CC3=O)cc1)N=C[C@@H]1CC(C)=CN1C2=O. The molecular formula is C52H58N6O11. The number of imide groups is 1. The van der Waals surface area contributed by atoms with Crippen LogP contribution in [0.5, 0.6) is 17.2 Å². The molecule has 17 heteroatoms. The minimum absolute atomic E-state index is 0.0267. The van der Waals surface area contributed by atoms with Crippen molar-refractivity contribution in [3.63, 3.8) is 0 Å². The molecule has 0 radical (unpaired) electrons. The Kier molecular flexibility index (Phi) is 14.9. The third kappa shape index (κ3) is 10.9. The third-order valence-corrected chi connectivity index (χ3v) is 12.8. The summed E-state index contributed by atoms with van der Waals surface area (Å²) in [4.78, 5) is 87.4. The van der Waals surface area contributed by atoms with Crippen molar-refractivity contribution >= 4 is 58.8 Å². The first-order valence-electron chi connectivity index (χ1n) is 23.5. The summed E-state index contributed by atoms with van der Waals surface area (Å²) < 4.78 is 23.7. The van der Waals surface area contributed by atoms with Crippen molar-refractivity contribution in [2.24, 2.45) is 4.99 Å². The van der Waals surface area contributed by atoms with E-state index in [0.29, 0.717) is 110 Å². The lowest BCUT2D eigenvalue weighted by atomic mass is 10.1. The summed E-state index contributed by atoms with van der Waals surface area (Å²) in [5.41, 5.74) is 5.48. The number of ketones is 1. The molecule has 3 atom stereocenters. The summed E-state index contributed by atoms with van der Waals surface area (Å²) in [6.45, 7) is 6.78. The Hall–Kier alpha value is -7.27. The number of aliphatic hydroxyl groups is 1. The lowest BCUT2D eigenvalue weighted by molar-refractivity contribution is -0.136. The third-order valence-electron chi connectivity index (χ3n) is 12.8. The van der Waals surface area contributed by atoms with E-state index in [2.05, 4.69) is 10.3 Å². The molecule has 0 spiro atoms. The Bertz CT molecular complexity index is 2620. The minimum Gasteiger partial charge on any atom is -0.493 e. The molecule has 69 heavy (non-hydrogen) atoms. The number of unbranched alkanes of at least 4 members (excludes halogenated alkanes) is 4. The average molecular weight is 943 g/mol. The number of fused-ring (bicyclic) bond motifs is 4. The molecule has 8 rings (SSSR count). The van der Waals surface area contributed by atoms with E-state index in [-0.39, 0.29) is 59.9 Å². The molecule has 0 bridgehead atoms. The topological polar surface area (TPSA) is 197 Å². The van der Waals surface area contributed by atoms with Crippen LogP contribution < -0.4 is 24.4 Å². The van der Waals surface area contributed by atoms with Crippen molar-refractivity contribution in [3.05, 3.63) is 106 Å². The maximum absolute atomic E-state index is 14.0. The van der Waals surface area contributed by atoms with Gasteiger partial charge in [-0.15, -0.1) is 0 Å². The summed E-state index contributed by atoms with van der Waals surface area (Å²) in [6, 6.07) is 13.0. The monoisotopic (exact) mass is 942 g/mol. The summed E-state index contributed by atoms with van der Waals surface area (Å²) in [6.07, 6.45) is 11.3. The van der Waals surface area contributed by atoms with Gasteiger partial charge < -0.3 is 39.2 Å². The first kappa shape index (κ1) is 48.2. The number of aliphatic hydroxyl groups excluding tert-OH is 1. The number of aryl methyl sites for hydroxylation is 1. The molecule has 5 amide bonds. The Balaban J connectivity index is 0.831. The molecule has 2 N–H and O–H groups in total. The number of ether oxygens (including phenoxy) is 4. The van der Waals surface area contributed by atoms with E-state index in [1.54, 1.807) is 65.8 Å². The lowest BCUT2D eigenvalue weighted by Gasteiger charge is -2.31. The van der Waals surface area contributed by atoms with Crippen molar-refractivity contribution in [2.45, 2.75) is 103 Å². The van der Waals surface area contributed by atoms with Gasteiger partial charge in [0.25, 0.3) is 23.6 Å². The number of anilines is 2. The second kappa shape index (κ2) is 21.4. The highest BCUT2D eigenvalue weighted by atomic mass is 16.6. The van der Waals surface area contributed by atoms with Gasteiger partial charge >= 0.3 is 6.09 Å². The molecule has 5 aliphatic rings. The molecule has 17 nitrogen and oxygen atoms in total. The quantitative estimate of drug-likeness (QED) is 0.0836. The first-order chi connectivity index (χ1) is 33.3. The molecule has 0 aromatic heterocycles. The summed E-state index contributed by atoms with van der Waals surface area (Å²) in [5, 5.41) is 14.9. The molecule has 0 aliphatic carbocycles. The zero-order valence-corrected chi connectivity index (χ0v) is 39.4. The molecule has 3 aromatic rings. The van der Waals surface area contributed by atoms with E-state index >= 15 is 0 Å². The van der Waals surface area contributed by atoms with Gasteiger partial charge in [-0.3, -0.25) is 33.9 Å². The smallest absolute Gasteiger partial charge is 0.416 e. The van der Waals surface area contributed by atoms with Gasteiger partial charge in [-0.25, -0.2) is 9.69 Å². The standard InChI is InChI=1S/C52H58N6O11/c1-32-21-37-27-54-41-25-46(45(66-4)24-39(41)49(62)56(37)29-32)68-20-10-6-9-19-67-44-26-42-40(23-34(44)3)50(63)57-30-33(2)22-43(57)51(64)58(42)52(65)69-31-35-12-14-36(15-13-35)53-28-38(59)11-7-5-8-18-55-47(60)16-17-48(55)61/h12-17,23-27,29-30,37,43,51,53,64H,5-11,18-22,28,31H2,1-4H3/t37-,43-,51-/m0/s1. The number of carbonyl (C=O) groups excluding carboxylic acids is 6. The van der Waals surface area contributed by atoms with E-state index in [4.69, 9.17) is 18.9 Å². The summed E-state index contributed by atoms with van der Waals surface area (Å²) >= 11 is 0. The fourth-order valence-electron chi connectivity index (χ4n) is 9.08. The number of aliphatic imine (C=N–C) groups is 1. The van der Waals surface area contributed by atoms with Crippen LogP contribution >= 0.6 is 0 Å². The summed E-state index contributed by atoms with van der Waals surface area (Å²) in [5.74, 6) is 0.358. The summed E-state index contributed by atoms with van der Waals surface area (Å²) in [7, 11) is 1.54. The highest BCUT2D eigenvalue weighted by Gasteiger charge is 2.45. The van der Waals surface area contributed by atoms with Crippen molar-refractivity contribution in [1.29, 1.82) is 0 Å². The number of carbonyl (C=O) groups is 6. The molecule has 3 aromatic carbocycles. The van der Waals surface area contributed by atoms with Crippen LogP contribution in [0.2, 0.25) is 0 Å². The van der Waals surface area contributed by atoms with Gasteiger partial charge in [-0.05, 0) is 101 Å². The van der Waals surface area contributed by atoms with Crippen LogP contribution in [0.4, 0.5) is 21.9 Å². The van der Waals surface area contributed by atoms with Gasteiger partial charge in [0.1, 0.15) is 12.4 Å². The number of nitrogens with one attached hydrogen (secondary N) is 1. The van der Waals surface area contributed by atoms with E-state index in [9.17, 15) is 33.9 Å². The second-order valence-electron chi connectivity index (χ2n) is 18.0. The van der Waals surface area contributed by atoms with Crippen molar-refractivity contribution in [3.8, 4) is 17.2 Å². The van der Waals surface area contributed by atoms with E-state index in [1.165, 1.54) is 29.1 Å². The maximum Gasteiger partial charge on any atom is 0.416 e. The fourth-order valence-corrected chi connectivity index (χ4v) is 9.08. The number of hydrogen-bond donors (Lipinski definition) is 2. The second-order valence-corrected chi connectivity index (χ2v) is 18.0. The van der Waals surface area contributed by atoms with Crippen LogP contribution in [0.3, 0.4) is 0 Å². The number of rotatable bonds is 20. The van der Waals surface area contributed by atoms with Crippen LogP contribution in [0.15, 0.2) is 89.2 Å². The number of amides is 5. The van der Waals surface area contributed by atoms with Crippen LogP contribution in [-0.2, 0) is 25.7 Å². The number of Topliss-reactive ketones (excluding diaryl/α,β-unsaturated/α-hetero) is 1. The molecule has 0 saturated carbocycles. The highest BCUT2D eigenvalue weighted by Crippen LogP contribution is 2.41. The molecular weight excluding hydrogens is 885 g/mol. The van der Waals surface area contributed by atoms with Gasteiger partial charge in [0, 0.05) is 61.6 Å². The normalized spacial score (nSPS) is 19.1. The molecule has 5 heterocycles. The molecule has 5 aliphatic heterocycles. The van der Waals surface area contributed by atoms with Gasteiger partial charge in [-0.2, -0.15) is 0 Å². The van der Waals surface area contributed by atoms with E-state index < -0.39 is 18.4 Å². The minimum atomic E-state index is -1.42. The molecule has 362 valence electrons. The van der Waals surface area contributed by atoms with Crippen LogP contribution in [0, 0.1) is 6.92 Å². The predicted molar refractivity (Wildman–Crippen MR) is 257 cm³/mol. The zero-order valence-electron chi connectivity index (χ0n) is 39.4. The molecule has 0 unspecified atom stereocenters. The van der Waals surface area contributed by atoms with Gasteiger partial charge in [0.05, 0.1) is 61.5 Å². The zero-order chi connectivity index (χ0) is 48.8. The number of nitrogens with zero attached hydrogens (tertiary/aromatic N) is 5. The average Bonchev–Trinajstić information content (AvgIpc) is 3.99. The van der Waals surface area contributed by atoms with Gasteiger partial charge in [0.2, 0.25) is 0 Å². The lowest BCUT2D eigenvalue weighted by Crippen LogP contribution is -2.50. The van der Waals surface area contributed by atoms with Crippen molar-refractivity contribution in [2.75, 3.05) is 43.6 Å². The highest BCUT2D eigenvalue weighted by molar-refractivity contribution is 6.13. The first-order valence-corrected chi connectivity index (χ1v) is 23.5. The van der Waals surface area contributed by atoms with E-state index in [0.717, 1.165) is 28.9 Å². The van der Waals surface area contributed by atoms with Gasteiger partial charge in [-0.1, -0.05) is 29.7 Å². The Morgan fingerprint density at radius 3 is 2.19 bits per heavy atom. The van der Waals surface area contributed by atoms with Crippen LogP contribution in [0.25, 0.3) is 0 Å². The van der Waals surface area contributed by atoms with Crippen LogP contribution in [0.1, 0.15) is 103 Å².